The number of ether oxygens (including phenoxy) is 21. The average Bonchev–Trinajstić information content (AvgIpc) is 0.734. The van der Waals surface area contributed by atoms with Gasteiger partial charge in [0.1, 0.15) is 98.9 Å². The molecule has 21 atom stereocenters. The van der Waals surface area contributed by atoms with Crippen molar-refractivity contribution in [2.24, 2.45) is 0 Å². The van der Waals surface area contributed by atoms with Gasteiger partial charge in [-0.3, -0.25) is 28.8 Å². The van der Waals surface area contributed by atoms with E-state index in [1.165, 1.54) is 177 Å². The van der Waals surface area contributed by atoms with Gasteiger partial charge < -0.3 is 115 Å². The molecular formula is C94H101F3N2O35Si. The SMILES string of the molecule is COC(=O)[C@@]1(O[C@H]2[C@@H](OC(=O)c3ccccc3)[C@@H](COC(=O)c3ccccc3)O[C@@H](O[C@H]3[C@H](O)[C@@H](NC(C)=O)[C@H](O[C@H]4[C@@H](OC(=O)c5ccccc5)[C@@H](COC(=O)c5ccccc5)O[C@@H](OCC[Si](C)(C)C)[C@@H]4OC(=O)c4ccccc4)O[C@@H]3COc3ccc(OC)cc3)[C@@H]2OC(=O)c2ccccc2)C[C@H](OC(C)=O)[C@@H](NC(=O)C(F)(F)F)[C@H]([C@H](OC(C)=O)[C@@H](COC(C)=O)OC(C)=O)O1. The van der Waals surface area contributed by atoms with E-state index in [1.54, 1.807) is 41.7 Å². The molecule has 722 valence electrons. The van der Waals surface area contributed by atoms with E-state index in [2.05, 4.69) is 5.32 Å². The highest BCUT2D eigenvalue weighted by atomic mass is 28.3. The smallest absolute Gasteiger partial charge is 0.471 e. The highest BCUT2D eigenvalue weighted by Crippen LogP contribution is 2.44. The summed E-state index contributed by atoms with van der Waals surface area (Å²) in [5, 5.41) is 18.2. The molecule has 0 aliphatic carbocycles. The quantitative estimate of drug-likeness (QED) is 0.0186. The van der Waals surface area contributed by atoms with Crippen LogP contribution in [0.4, 0.5) is 13.2 Å². The van der Waals surface area contributed by atoms with Crippen molar-refractivity contribution >= 4 is 85.6 Å². The van der Waals surface area contributed by atoms with Crippen LogP contribution in [0.25, 0.3) is 0 Å². The van der Waals surface area contributed by atoms with Gasteiger partial charge in [0.15, 0.2) is 55.5 Å². The van der Waals surface area contributed by atoms with E-state index in [1.807, 2.05) is 19.6 Å². The summed E-state index contributed by atoms with van der Waals surface area (Å²) in [5.41, 5.74) is -0.794. The van der Waals surface area contributed by atoms with Crippen LogP contribution in [0, 0.1) is 0 Å². The number of esters is 11. The minimum absolute atomic E-state index is 0.0265. The summed E-state index contributed by atoms with van der Waals surface area (Å²) in [6, 6.07) is 45.0. The summed E-state index contributed by atoms with van der Waals surface area (Å²) in [7, 11) is 0.000552. The number of nitrogens with one attached hydrogen (secondary N) is 2. The molecule has 0 bridgehead atoms. The molecule has 4 aliphatic heterocycles. The predicted molar refractivity (Wildman–Crippen MR) is 458 cm³/mol. The zero-order valence-corrected chi connectivity index (χ0v) is 75.6. The minimum Gasteiger partial charge on any atom is -0.497 e. The number of amides is 2. The Morgan fingerprint density at radius 1 is 0.452 bits per heavy atom. The molecule has 0 unspecified atom stereocenters. The Bertz CT molecular complexity index is 5210. The third kappa shape index (κ3) is 28.0. The zero-order chi connectivity index (χ0) is 97.4. The third-order valence-electron chi connectivity index (χ3n) is 21.2. The van der Waals surface area contributed by atoms with Crippen molar-refractivity contribution in [3.8, 4) is 11.5 Å². The van der Waals surface area contributed by atoms with Crippen LogP contribution in [0.2, 0.25) is 25.7 Å². The van der Waals surface area contributed by atoms with Gasteiger partial charge >= 0.3 is 77.7 Å². The monoisotopic (exact) mass is 1900 g/mol. The lowest BCUT2D eigenvalue weighted by atomic mass is 9.87. The van der Waals surface area contributed by atoms with Crippen LogP contribution >= 0.6 is 0 Å². The summed E-state index contributed by atoms with van der Waals surface area (Å²) in [6.07, 6.45) is -48.5. The second kappa shape index (κ2) is 47.2. The second-order valence-corrected chi connectivity index (χ2v) is 38.0. The van der Waals surface area contributed by atoms with Crippen molar-refractivity contribution < 1.29 is 180 Å². The van der Waals surface area contributed by atoms with Crippen molar-refractivity contribution in [2.75, 3.05) is 47.3 Å². The molecule has 135 heavy (non-hydrogen) atoms. The molecule has 0 saturated carbocycles. The van der Waals surface area contributed by atoms with Crippen LogP contribution in [0.3, 0.4) is 0 Å². The van der Waals surface area contributed by atoms with Crippen LogP contribution in [-0.4, -0.2) is 272 Å². The van der Waals surface area contributed by atoms with Gasteiger partial charge in [0.2, 0.25) is 5.91 Å². The maximum Gasteiger partial charge on any atom is 0.471 e. The number of benzene rings is 7. The first kappa shape index (κ1) is 102. The van der Waals surface area contributed by atoms with Crippen LogP contribution in [-0.2, 0) is 124 Å². The van der Waals surface area contributed by atoms with E-state index in [0.29, 0.717) is 18.9 Å². The Hall–Kier alpha value is -13.1. The van der Waals surface area contributed by atoms with E-state index in [9.17, 15) is 66.2 Å². The van der Waals surface area contributed by atoms with Gasteiger partial charge in [0.05, 0.1) is 60.1 Å². The number of hydrogen-bond acceptors (Lipinski definition) is 35. The first-order chi connectivity index (χ1) is 64.4. The average molecular weight is 1900 g/mol. The summed E-state index contributed by atoms with van der Waals surface area (Å²) in [5.74, 6) is -21.0. The van der Waals surface area contributed by atoms with Crippen LogP contribution < -0.4 is 20.1 Å². The van der Waals surface area contributed by atoms with Gasteiger partial charge in [0.25, 0.3) is 5.79 Å². The number of halogens is 3. The normalized spacial score (nSPS) is 25.3. The molecule has 4 heterocycles. The van der Waals surface area contributed by atoms with Crippen molar-refractivity contribution in [1.82, 2.24) is 10.6 Å². The van der Waals surface area contributed by atoms with Gasteiger partial charge in [-0.2, -0.15) is 13.2 Å². The molecular weight excluding hydrogens is 1800 g/mol. The van der Waals surface area contributed by atoms with Crippen molar-refractivity contribution in [3.05, 3.63) is 240 Å². The first-order valence-corrected chi connectivity index (χ1v) is 46.2. The van der Waals surface area contributed by atoms with Crippen LogP contribution in [0.15, 0.2) is 206 Å². The topological polar surface area (TPSA) is 460 Å². The molecule has 4 saturated heterocycles. The summed E-state index contributed by atoms with van der Waals surface area (Å²) in [4.78, 5) is 186. The highest BCUT2D eigenvalue weighted by Gasteiger charge is 2.66. The number of methoxy groups -OCH3 is 2. The number of aliphatic hydroxyl groups is 1. The summed E-state index contributed by atoms with van der Waals surface area (Å²) >= 11 is 0. The lowest BCUT2D eigenvalue weighted by molar-refractivity contribution is -0.385. The van der Waals surface area contributed by atoms with Gasteiger partial charge in [-0.1, -0.05) is 129 Å². The molecule has 37 nitrogen and oxygen atoms in total. The lowest BCUT2D eigenvalue weighted by Gasteiger charge is -2.52. The van der Waals surface area contributed by atoms with E-state index >= 15 is 14.4 Å². The molecule has 0 aromatic heterocycles. The van der Waals surface area contributed by atoms with Gasteiger partial charge in [0, 0.05) is 49.3 Å². The zero-order valence-electron chi connectivity index (χ0n) is 74.6. The Kier molecular flexibility index (Phi) is 35.8. The predicted octanol–water partition coefficient (Wildman–Crippen LogP) is 8.30. The maximum absolute atomic E-state index is 15.8. The van der Waals surface area contributed by atoms with Crippen molar-refractivity contribution in [2.45, 2.75) is 201 Å². The van der Waals surface area contributed by atoms with Crippen molar-refractivity contribution in [1.29, 1.82) is 0 Å². The Morgan fingerprint density at radius 2 is 0.867 bits per heavy atom. The second-order valence-electron chi connectivity index (χ2n) is 32.4. The number of alkyl halides is 3. The minimum atomic E-state index is -5.86. The van der Waals surface area contributed by atoms with E-state index < -0.39 is 253 Å². The molecule has 41 heteroatoms. The van der Waals surface area contributed by atoms with Crippen molar-refractivity contribution in [3.63, 3.8) is 0 Å². The van der Waals surface area contributed by atoms with E-state index in [0.717, 1.165) is 34.6 Å². The van der Waals surface area contributed by atoms with Crippen LogP contribution in [0.5, 0.6) is 11.5 Å². The highest BCUT2D eigenvalue weighted by molar-refractivity contribution is 6.76. The number of carbonyl (C=O) groups excluding carboxylic acids is 13. The summed E-state index contributed by atoms with van der Waals surface area (Å²) < 4.78 is 177. The number of hydrogen-bond donors (Lipinski definition) is 3. The van der Waals surface area contributed by atoms with E-state index in [-0.39, 0.29) is 45.7 Å². The number of rotatable bonds is 38. The first-order valence-electron chi connectivity index (χ1n) is 42.5. The molecule has 11 rings (SSSR count). The fourth-order valence-corrected chi connectivity index (χ4v) is 15.6. The summed E-state index contributed by atoms with van der Waals surface area (Å²) in [6.45, 7) is 6.15. The van der Waals surface area contributed by atoms with Gasteiger partial charge in [-0.15, -0.1) is 0 Å². The number of aliphatic hydroxyl groups excluding tert-OH is 1. The largest absolute Gasteiger partial charge is 0.497 e. The molecule has 3 N–H and O–H groups in total. The number of carbonyl (C=O) groups is 13. The van der Waals surface area contributed by atoms with E-state index in [4.69, 9.17) is 99.5 Å². The lowest BCUT2D eigenvalue weighted by Crippen LogP contribution is -2.73. The molecule has 4 aliphatic rings. The third-order valence-corrected chi connectivity index (χ3v) is 22.9. The van der Waals surface area contributed by atoms with Crippen LogP contribution in [0.1, 0.15) is 103 Å². The molecule has 2 amide bonds. The van der Waals surface area contributed by atoms with Gasteiger partial charge in [-0.25, -0.2) is 33.6 Å². The standard InChI is InChI=1S/C94H101F3N2O35Si/c1-52(100)98-71-72(105)73(66(49-118-64-43-41-63(114-6)42-44-64)124-88(71)132-78-75(127-84(108)59-33-21-13-22-34-59)68(50-119-82(106)57-29-17-11-18-30-57)125-89(116-45-46-135(8,9)10)80(78)129-86(110)61-37-25-15-26-38-61)131-90-81(130-87(111)62-39-27-16-28-40-62)79(76(128-85(109)60-35-23-14-24-36-60)69(126-90)51-120-83(107)58-31-19-12-20-32-58)134-93(92(113)115-7)47-65(121-54(3)102)70(99-91(112)94(95,96)97)77(133-93)74(123-56(5)104)67(122-55(4)103)48-117-53(2)101/h11-44,65-81,88-90,105H,45-51H2,1-10H3,(H,98,100)(H,99,112)/t65-,66+,67+,68+,69+,70+,71+,72+,73+,74+,75-,76-,77+,78-,79-,80+,81+,88-,89+,90-,93-/m0/s1. The maximum atomic E-state index is 15.8. The molecule has 7 aromatic carbocycles. The Balaban J connectivity index is 1.14. The van der Waals surface area contributed by atoms with Gasteiger partial charge in [-0.05, 0) is 103 Å². The Morgan fingerprint density at radius 3 is 1.29 bits per heavy atom. The molecule has 0 radical (unpaired) electrons. The molecule has 0 spiro atoms. The molecule has 4 fully saturated rings. The molecule has 7 aromatic rings. The fourth-order valence-electron chi connectivity index (χ4n) is 14.9. The Labute approximate surface area is 772 Å². The fraction of sp³-hybridized carbons (Fsp3) is 0.415.